The molecule has 0 heterocycles. The monoisotopic (exact) mass is 198 g/mol. The van der Waals surface area contributed by atoms with Crippen molar-refractivity contribution in [2.45, 2.75) is 39.5 Å². The topological polar surface area (TPSA) is 0 Å². The van der Waals surface area contributed by atoms with Gasteiger partial charge in [-0.25, -0.2) is 8.78 Å². The van der Waals surface area contributed by atoms with Gasteiger partial charge in [0.15, 0.2) is 0 Å². The molecule has 2 heteroatoms. The number of alkyl halides is 2. The zero-order valence-electron chi connectivity index (χ0n) is 9.07. The maximum absolute atomic E-state index is 12.5. The number of rotatable bonds is 1. The molecule has 0 amide bonds. The van der Waals surface area contributed by atoms with Gasteiger partial charge in [-0.15, -0.1) is 0 Å². The van der Waals surface area contributed by atoms with Gasteiger partial charge in [-0.05, 0) is 29.5 Å². The maximum atomic E-state index is 12.5. The summed E-state index contributed by atoms with van der Waals surface area (Å²) in [6.07, 6.45) is -2.38. The van der Waals surface area contributed by atoms with Gasteiger partial charge in [0.1, 0.15) is 0 Å². The molecule has 1 rings (SSSR count). The lowest BCUT2D eigenvalue weighted by molar-refractivity contribution is 0.151. The molecule has 0 fully saturated rings. The molecule has 0 aliphatic rings. The highest BCUT2D eigenvalue weighted by Crippen LogP contribution is 2.29. The molecule has 1 aromatic rings. The summed E-state index contributed by atoms with van der Waals surface area (Å²) in [5.74, 6) is 0. The zero-order chi connectivity index (χ0) is 10.9. The summed E-state index contributed by atoms with van der Waals surface area (Å²) in [7, 11) is 0. The summed E-state index contributed by atoms with van der Waals surface area (Å²) >= 11 is 0. The first-order valence-corrected chi connectivity index (χ1v) is 4.71. The van der Waals surface area contributed by atoms with Gasteiger partial charge in [0.25, 0.3) is 6.43 Å². The van der Waals surface area contributed by atoms with Crippen LogP contribution >= 0.6 is 0 Å². The Morgan fingerprint density at radius 3 is 2.14 bits per heavy atom. The Bertz CT molecular complexity index is 322. The van der Waals surface area contributed by atoms with E-state index in [1.165, 1.54) is 6.07 Å². The summed E-state index contributed by atoms with van der Waals surface area (Å²) in [5, 5.41) is 0. The third-order valence-corrected chi connectivity index (χ3v) is 2.32. The first-order chi connectivity index (χ1) is 6.32. The lowest BCUT2D eigenvalue weighted by Gasteiger charge is -2.22. The Labute approximate surface area is 84.0 Å². The zero-order valence-corrected chi connectivity index (χ0v) is 9.07. The minimum atomic E-state index is -2.38. The van der Waals surface area contributed by atoms with Crippen LogP contribution in [0.1, 0.15) is 43.9 Å². The van der Waals surface area contributed by atoms with Crippen molar-refractivity contribution in [3.8, 4) is 0 Å². The molecule has 0 spiro atoms. The van der Waals surface area contributed by atoms with Crippen LogP contribution in [0.4, 0.5) is 8.78 Å². The summed E-state index contributed by atoms with van der Waals surface area (Å²) in [5.41, 5.74) is 2.10. The van der Waals surface area contributed by atoms with Crippen molar-refractivity contribution in [2.24, 2.45) is 0 Å². The number of aryl methyl sites for hydroxylation is 1. The average molecular weight is 198 g/mol. The Kier molecular flexibility index (Phi) is 2.93. The summed E-state index contributed by atoms with van der Waals surface area (Å²) in [6.45, 7) is 8.05. The van der Waals surface area contributed by atoms with Crippen molar-refractivity contribution >= 4 is 0 Å². The van der Waals surface area contributed by atoms with Crippen molar-refractivity contribution in [2.75, 3.05) is 0 Å². The van der Waals surface area contributed by atoms with E-state index in [1.807, 2.05) is 27.7 Å². The minimum Gasteiger partial charge on any atom is -0.205 e. The fourth-order valence-corrected chi connectivity index (χ4v) is 1.58. The van der Waals surface area contributed by atoms with E-state index in [-0.39, 0.29) is 11.0 Å². The molecule has 0 unspecified atom stereocenters. The van der Waals surface area contributed by atoms with Crippen molar-refractivity contribution in [3.05, 3.63) is 34.9 Å². The molecule has 0 radical (unpaired) electrons. The lowest BCUT2D eigenvalue weighted by atomic mass is 9.83. The Hall–Kier alpha value is -0.920. The fraction of sp³-hybridized carbons (Fsp3) is 0.500. The molecule has 1 aromatic carbocycles. The van der Waals surface area contributed by atoms with E-state index in [9.17, 15) is 8.78 Å². The largest absolute Gasteiger partial charge is 0.263 e. The third-order valence-electron chi connectivity index (χ3n) is 2.32. The first-order valence-electron chi connectivity index (χ1n) is 4.71. The van der Waals surface area contributed by atoms with Gasteiger partial charge in [-0.2, -0.15) is 0 Å². The smallest absolute Gasteiger partial charge is 0.205 e. The molecule has 0 N–H and O–H groups in total. The normalized spacial score (nSPS) is 12.2. The van der Waals surface area contributed by atoms with Crippen LogP contribution in [-0.4, -0.2) is 0 Å². The molecule has 0 bridgehead atoms. The van der Waals surface area contributed by atoms with Crippen LogP contribution in [0.15, 0.2) is 18.2 Å². The second kappa shape index (κ2) is 3.68. The van der Waals surface area contributed by atoms with Crippen LogP contribution in [0, 0.1) is 6.92 Å². The third kappa shape index (κ3) is 2.31. The Balaban J connectivity index is 3.22. The Morgan fingerprint density at radius 2 is 1.71 bits per heavy atom. The van der Waals surface area contributed by atoms with E-state index in [4.69, 9.17) is 0 Å². The average Bonchev–Trinajstić information content (AvgIpc) is 2.02. The SMILES string of the molecule is Cc1ccc(C(F)F)cc1C(C)(C)C. The van der Waals surface area contributed by atoms with Crippen LogP contribution in [-0.2, 0) is 5.41 Å². The highest BCUT2D eigenvalue weighted by Gasteiger charge is 2.18. The number of hydrogen-bond acceptors (Lipinski definition) is 0. The molecule has 14 heavy (non-hydrogen) atoms. The molecule has 0 nitrogen and oxygen atoms in total. The van der Waals surface area contributed by atoms with Crippen molar-refractivity contribution in [1.82, 2.24) is 0 Å². The van der Waals surface area contributed by atoms with E-state index in [2.05, 4.69) is 0 Å². The van der Waals surface area contributed by atoms with Gasteiger partial charge in [-0.1, -0.05) is 32.9 Å². The summed E-state index contributed by atoms with van der Waals surface area (Å²) in [4.78, 5) is 0. The molecule has 0 aromatic heterocycles. The Morgan fingerprint density at radius 1 is 1.14 bits per heavy atom. The summed E-state index contributed by atoms with van der Waals surface area (Å²) < 4.78 is 24.9. The molecular formula is C12H16F2. The number of hydrogen-bond donors (Lipinski definition) is 0. The molecule has 0 saturated carbocycles. The second-order valence-electron chi connectivity index (χ2n) is 4.63. The predicted octanol–water partition coefficient (Wildman–Crippen LogP) is 4.23. The van der Waals surface area contributed by atoms with Crippen LogP contribution in [0.3, 0.4) is 0 Å². The van der Waals surface area contributed by atoms with Crippen molar-refractivity contribution in [3.63, 3.8) is 0 Å². The van der Waals surface area contributed by atoms with Gasteiger partial charge in [0, 0.05) is 5.56 Å². The molecule has 78 valence electrons. The van der Waals surface area contributed by atoms with Crippen molar-refractivity contribution < 1.29 is 8.78 Å². The van der Waals surface area contributed by atoms with Gasteiger partial charge in [0.2, 0.25) is 0 Å². The molecular weight excluding hydrogens is 182 g/mol. The summed E-state index contributed by atoms with van der Waals surface area (Å²) in [6, 6.07) is 4.87. The maximum Gasteiger partial charge on any atom is 0.263 e. The molecule has 0 aliphatic carbocycles. The van der Waals surface area contributed by atoms with Crippen LogP contribution in [0.25, 0.3) is 0 Å². The number of halogens is 2. The van der Waals surface area contributed by atoms with Crippen LogP contribution in [0.2, 0.25) is 0 Å². The fourth-order valence-electron chi connectivity index (χ4n) is 1.58. The van der Waals surface area contributed by atoms with E-state index in [1.54, 1.807) is 12.1 Å². The van der Waals surface area contributed by atoms with Gasteiger partial charge < -0.3 is 0 Å². The standard InChI is InChI=1S/C12H16F2/c1-8-5-6-9(11(13)14)7-10(8)12(2,3)4/h5-7,11H,1-4H3. The van der Waals surface area contributed by atoms with Crippen LogP contribution < -0.4 is 0 Å². The second-order valence-corrected chi connectivity index (χ2v) is 4.63. The van der Waals surface area contributed by atoms with Gasteiger partial charge >= 0.3 is 0 Å². The molecule has 0 aliphatic heterocycles. The van der Waals surface area contributed by atoms with E-state index < -0.39 is 6.43 Å². The lowest BCUT2D eigenvalue weighted by Crippen LogP contribution is -2.13. The molecule has 0 saturated heterocycles. The predicted molar refractivity (Wildman–Crippen MR) is 54.8 cm³/mol. The first kappa shape index (κ1) is 11.2. The van der Waals surface area contributed by atoms with Crippen LogP contribution in [0.5, 0.6) is 0 Å². The van der Waals surface area contributed by atoms with Gasteiger partial charge in [0.05, 0.1) is 0 Å². The van der Waals surface area contributed by atoms with E-state index in [0.717, 1.165) is 11.1 Å². The number of benzene rings is 1. The van der Waals surface area contributed by atoms with Crippen molar-refractivity contribution in [1.29, 1.82) is 0 Å². The van der Waals surface area contributed by atoms with E-state index >= 15 is 0 Å². The minimum absolute atomic E-state index is 0.0744. The quantitative estimate of drug-likeness (QED) is 0.633. The highest BCUT2D eigenvalue weighted by atomic mass is 19.3. The van der Waals surface area contributed by atoms with E-state index in [0.29, 0.717) is 0 Å². The molecule has 0 atom stereocenters. The van der Waals surface area contributed by atoms with Gasteiger partial charge in [-0.3, -0.25) is 0 Å². The highest BCUT2D eigenvalue weighted by molar-refractivity contribution is 5.36.